The Morgan fingerprint density at radius 2 is 1.87 bits per heavy atom. The summed E-state index contributed by atoms with van der Waals surface area (Å²) in [6.45, 7) is 1.95. The number of halogens is 1. The Morgan fingerprint density at radius 3 is 2.65 bits per heavy atom. The first-order chi connectivity index (χ1) is 15.1. The van der Waals surface area contributed by atoms with Crippen molar-refractivity contribution in [2.24, 2.45) is 5.10 Å². The number of aromatic amines is 2. The molecule has 0 radical (unpaired) electrons. The first-order valence-corrected chi connectivity index (χ1v) is 10.2. The predicted octanol–water partition coefficient (Wildman–Crippen LogP) is 5.29. The quantitative estimate of drug-likeness (QED) is 0.379. The number of anilines is 1. The Morgan fingerprint density at radius 1 is 1.06 bits per heavy atom. The molecule has 2 aromatic heterocycles. The number of ether oxygens (including phenoxy) is 1. The van der Waals surface area contributed by atoms with Crippen molar-refractivity contribution < 1.29 is 14.1 Å². The van der Waals surface area contributed by atoms with E-state index in [1.807, 2.05) is 73.7 Å². The zero-order valence-electron chi connectivity index (χ0n) is 17.0. The molecule has 5 rings (SSSR count). The standard InChI is InChI=1S/C24H19ClN4O2/c1-14-11-23-17(12-18(14)25)21(13-22(31-23)15-7-9-16(30-2)10-8-15)28-29-24-26-19-5-3-4-6-20(19)27-24/h3-13H,1-2H3,(H2,26,27,29)/p+1. The number of nitrogens with zero attached hydrogens (tertiary/aromatic N) is 1. The molecule has 154 valence electrons. The normalized spacial score (nSPS) is 11.9. The summed E-state index contributed by atoms with van der Waals surface area (Å²) in [4.78, 5) is 6.54. The van der Waals surface area contributed by atoms with Crippen molar-refractivity contribution in [1.29, 1.82) is 0 Å². The van der Waals surface area contributed by atoms with Gasteiger partial charge in [-0.2, -0.15) is 5.43 Å². The second kappa shape index (κ2) is 7.81. The van der Waals surface area contributed by atoms with Crippen LogP contribution in [0, 0.1) is 6.92 Å². The van der Waals surface area contributed by atoms with Crippen molar-refractivity contribution in [2.75, 3.05) is 12.5 Å². The lowest BCUT2D eigenvalue weighted by molar-refractivity contribution is -0.326. The molecule has 0 atom stereocenters. The molecule has 0 unspecified atom stereocenters. The minimum atomic E-state index is 0.661. The average Bonchev–Trinajstić information content (AvgIpc) is 3.21. The highest BCUT2D eigenvalue weighted by Gasteiger charge is 2.11. The van der Waals surface area contributed by atoms with Crippen molar-refractivity contribution in [3.8, 4) is 17.1 Å². The van der Waals surface area contributed by atoms with E-state index in [-0.39, 0.29) is 0 Å². The van der Waals surface area contributed by atoms with E-state index in [1.54, 1.807) is 7.11 Å². The van der Waals surface area contributed by atoms with Crippen molar-refractivity contribution in [3.63, 3.8) is 0 Å². The van der Waals surface area contributed by atoms with Crippen LogP contribution in [-0.4, -0.2) is 12.1 Å². The Kier molecular flexibility index (Phi) is 4.84. The van der Waals surface area contributed by atoms with E-state index in [9.17, 15) is 0 Å². The predicted molar refractivity (Wildman–Crippen MR) is 122 cm³/mol. The van der Waals surface area contributed by atoms with Gasteiger partial charge >= 0.3 is 5.95 Å². The zero-order chi connectivity index (χ0) is 21.4. The first-order valence-electron chi connectivity index (χ1n) is 9.79. The van der Waals surface area contributed by atoms with Gasteiger partial charge in [0.2, 0.25) is 0 Å². The SMILES string of the molecule is COc1ccc(-c2cc(=NNc3[nH]c4ccccc4[nH+]3)c3cc(Cl)c(C)cc3o2)cc1. The van der Waals surface area contributed by atoms with E-state index < -0.39 is 0 Å². The topological polar surface area (TPSA) is 76.7 Å². The van der Waals surface area contributed by atoms with Crippen LogP contribution in [0.4, 0.5) is 5.95 Å². The van der Waals surface area contributed by atoms with E-state index in [4.69, 9.17) is 20.8 Å². The number of aromatic nitrogens is 2. The molecular weight excluding hydrogens is 412 g/mol. The number of hydrogen-bond acceptors (Lipinski definition) is 4. The number of methoxy groups -OCH3 is 1. The molecule has 0 amide bonds. The minimum Gasteiger partial charge on any atom is -0.497 e. The second-order valence-electron chi connectivity index (χ2n) is 7.22. The maximum absolute atomic E-state index is 6.39. The maximum Gasteiger partial charge on any atom is 0.377 e. The number of imidazole rings is 1. The van der Waals surface area contributed by atoms with Crippen LogP contribution in [0.25, 0.3) is 33.3 Å². The minimum absolute atomic E-state index is 0.661. The molecule has 0 bridgehead atoms. The molecule has 0 aliphatic heterocycles. The summed E-state index contributed by atoms with van der Waals surface area (Å²) in [6.07, 6.45) is 0. The zero-order valence-corrected chi connectivity index (χ0v) is 17.7. The fraction of sp³-hybridized carbons (Fsp3) is 0.0833. The van der Waals surface area contributed by atoms with Gasteiger partial charge in [0.25, 0.3) is 0 Å². The maximum atomic E-state index is 6.39. The number of para-hydroxylation sites is 2. The fourth-order valence-electron chi connectivity index (χ4n) is 3.45. The highest BCUT2D eigenvalue weighted by atomic mass is 35.5. The molecule has 3 aromatic carbocycles. The third-order valence-electron chi connectivity index (χ3n) is 5.13. The average molecular weight is 432 g/mol. The van der Waals surface area contributed by atoms with E-state index in [2.05, 4.69) is 20.5 Å². The summed E-state index contributed by atoms with van der Waals surface area (Å²) in [5, 5.41) is 6.82. The largest absolute Gasteiger partial charge is 0.497 e. The summed E-state index contributed by atoms with van der Waals surface area (Å²) in [5.74, 6) is 2.16. The Balaban J connectivity index is 1.64. The molecule has 3 N–H and O–H groups in total. The summed E-state index contributed by atoms with van der Waals surface area (Å²) >= 11 is 6.39. The van der Waals surface area contributed by atoms with E-state index >= 15 is 0 Å². The van der Waals surface area contributed by atoms with Gasteiger partial charge in [0.1, 0.15) is 33.5 Å². The van der Waals surface area contributed by atoms with Crippen molar-refractivity contribution in [3.05, 3.63) is 82.7 Å². The molecule has 0 aliphatic carbocycles. The molecular formula is C24H20ClN4O2+. The van der Waals surface area contributed by atoms with Gasteiger partial charge in [0, 0.05) is 22.0 Å². The van der Waals surface area contributed by atoms with Crippen molar-refractivity contribution in [2.45, 2.75) is 6.92 Å². The summed E-state index contributed by atoms with van der Waals surface area (Å²) in [6, 6.07) is 21.4. The number of nitrogens with one attached hydrogen (secondary N) is 3. The smallest absolute Gasteiger partial charge is 0.377 e. The highest BCUT2D eigenvalue weighted by Crippen LogP contribution is 2.27. The molecule has 0 aliphatic rings. The number of H-pyrrole nitrogens is 2. The van der Waals surface area contributed by atoms with Crippen LogP contribution < -0.4 is 20.5 Å². The molecule has 0 fully saturated rings. The molecule has 5 aromatic rings. The van der Waals surface area contributed by atoms with Gasteiger partial charge in [-0.25, -0.2) is 9.97 Å². The molecule has 0 spiro atoms. The van der Waals surface area contributed by atoms with Crippen molar-refractivity contribution >= 4 is 39.6 Å². The molecule has 0 saturated heterocycles. The molecule has 0 saturated carbocycles. The third kappa shape index (κ3) is 3.73. The third-order valence-corrected chi connectivity index (χ3v) is 5.54. The first kappa shape index (κ1) is 19.2. The monoisotopic (exact) mass is 431 g/mol. The van der Waals surface area contributed by atoms with E-state index in [1.165, 1.54) is 0 Å². The van der Waals surface area contributed by atoms with Crippen LogP contribution in [0.5, 0.6) is 5.75 Å². The lowest BCUT2D eigenvalue weighted by atomic mass is 10.1. The number of hydrogen-bond donors (Lipinski definition) is 2. The number of aryl methyl sites for hydroxylation is 1. The van der Waals surface area contributed by atoms with Gasteiger partial charge in [0.05, 0.1) is 7.11 Å². The molecule has 31 heavy (non-hydrogen) atoms. The van der Waals surface area contributed by atoms with Crippen molar-refractivity contribution in [1.82, 2.24) is 4.98 Å². The fourth-order valence-corrected chi connectivity index (χ4v) is 3.62. The van der Waals surface area contributed by atoms with Crippen LogP contribution in [-0.2, 0) is 0 Å². The summed E-state index contributed by atoms with van der Waals surface area (Å²) in [7, 11) is 1.64. The van der Waals surface area contributed by atoms with Crippen LogP contribution in [0.15, 0.2) is 76.2 Å². The Labute approximate surface area is 183 Å². The van der Waals surface area contributed by atoms with Crippen LogP contribution in [0.3, 0.4) is 0 Å². The Bertz CT molecular complexity index is 1440. The van der Waals surface area contributed by atoms with Gasteiger partial charge in [-0.05, 0) is 61.0 Å². The summed E-state index contributed by atoms with van der Waals surface area (Å²) in [5.41, 5.74) is 7.63. The van der Waals surface area contributed by atoms with Gasteiger partial charge in [-0.15, -0.1) is 5.10 Å². The number of benzene rings is 3. The van der Waals surface area contributed by atoms with Gasteiger partial charge in [0.15, 0.2) is 0 Å². The molecule has 2 heterocycles. The lowest BCUT2D eigenvalue weighted by Gasteiger charge is -2.07. The number of fused-ring (bicyclic) bond motifs is 2. The number of rotatable bonds is 4. The summed E-state index contributed by atoms with van der Waals surface area (Å²) < 4.78 is 11.5. The van der Waals surface area contributed by atoms with Gasteiger partial charge < -0.3 is 9.15 Å². The van der Waals surface area contributed by atoms with Gasteiger partial charge in [-0.3, -0.25) is 0 Å². The molecule has 7 heteroatoms. The van der Waals surface area contributed by atoms with Crippen LogP contribution in [0.2, 0.25) is 5.02 Å². The van der Waals surface area contributed by atoms with Crippen LogP contribution in [0.1, 0.15) is 5.56 Å². The van der Waals surface area contributed by atoms with E-state index in [0.717, 1.165) is 33.3 Å². The molecule has 6 nitrogen and oxygen atoms in total. The van der Waals surface area contributed by atoms with Gasteiger partial charge in [-0.1, -0.05) is 23.7 Å². The second-order valence-corrected chi connectivity index (χ2v) is 7.62. The highest BCUT2D eigenvalue weighted by molar-refractivity contribution is 6.32. The Hall–Kier alpha value is -3.77. The van der Waals surface area contributed by atoms with E-state index in [0.29, 0.717) is 27.7 Å². The van der Waals surface area contributed by atoms with Crippen LogP contribution >= 0.6 is 11.6 Å². The lowest BCUT2D eigenvalue weighted by Crippen LogP contribution is -2.12.